The van der Waals surface area contributed by atoms with Gasteiger partial charge >= 0.3 is 0 Å². The minimum atomic E-state index is -0.397. The molecule has 1 unspecified atom stereocenters. The van der Waals surface area contributed by atoms with E-state index in [4.69, 9.17) is 0 Å². The molecule has 0 spiro atoms. The number of benzene rings is 1. The van der Waals surface area contributed by atoms with E-state index in [2.05, 4.69) is 68.5 Å². The first-order chi connectivity index (χ1) is 14.6. The van der Waals surface area contributed by atoms with Gasteiger partial charge in [-0.05, 0) is 31.4 Å². The van der Waals surface area contributed by atoms with E-state index >= 15 is 0 Å². The highest BCUT2D eigenvalue weighted by Crippen LogP contribution is 2.18. The molecule has 162 valence electrons. The Morgan fingerprint density at radius 1 is 1.17 bits per heavy atom. The number of nitrogens with zero attached hydrogens (tertiary/aromatic N) is 4. The third-order valence-corrected chi connectivity index (χ3v) is 6.08. The summed E-state index contributed by atoms with van der Waals surface area (Å²) < 4.78 is 0. The van der Waals surface area contributed by atoms with Crippen LogP contribution in [0.4, 0.5) is 5.82 Å². The van der Waals surface area contributed by atoms with Gasteiger partial charge in [-0.25, -0.2) is 9.97 Å². The van der Waals surface area contributed by atoms with Crippen LogP contribution < -0.4 is 10.6 Å². The van der Waals surface area contributed by atoms with Crippen LogP contribution in [0.3, 0.4) is 0 Å². The van der Waals surface area contributed by atoms with Crippen LogP contribution in [-0.4, -0.2) is 75.8 Å². The Kier molecular flexibility index (Phi) is 6.94. The molecule has 1 aromatic carbocycles. The predicted molar refractivity (Wildman–Crippen MR) is 119 cm³/mol. The lowest BCUT2D eigenvalue weighted by molar-refractivity contribution is 0.104. The van der Waals surface area contributed by atoms with Crippen molar-refractivity contribution in [1.82, 2.24) is 25.1 Å². The van der Waals surface area contributed by atoms with Crippen molar-refractivity contribution < 1.29 is 5.11 Å². The van der Waals surface area contributed by atoms with Crippen LogP contribution in [0.5, 0.6) is 0 Å². The van der Waals surface area contributed by atoms with Crippen LogP contribution in [0.1, 0.15) is 30.7 Å². The van der Waals surface area contributed by atoms with Gasteiger partial charge in [-0.15, -0.1) is 0 Å². The molecule has 0 amide bonds. The van der Waals surface area contributed by atoms with Gasteiger partial charge in [0.1, 0.15) is 12.1 Å². The lowest BCUT2D eigenvalue weighted by Gasteiger charge is -2.42. The van der Waals surface area contributed by atoms with Crippen LogP contribution in [0.15, 0.2) is 36.7 Å². The molecule has 7 nitrogen and oxygen atoms in total. The van der Waals surface area contributed by atoms with Crippen molar-refractivity contribution in [2.45, 2.75) is 51.5 Å². The molecule has 1 fully saturated rings. The largest absolute Gasteiger partial charge is 0.390 e. The fourth-order valence-electron chi connectivity index (χ4n) is 4.25. The summed E-state index contributed by atoms with van der Waals surface area (Å²) in [5.41, 5.74) is 3.76. The first-order valence-electron chi connectivity index (χ1n) is 11.1. The second-order valence-corrected chi connectivity index (χ2v) is 8.82. The van der Waals surface area contributed by atoms with Crippen molar-refractivity contribution in [3.8, 4) is 0 Å². The van der Waals surface area contributed by atoms with Crippen molar-refractivity contribution in [1.29, 1.82) is 0 Å². The van der Waals surface area contributed by atoms with Gasteiger partial charge in [-0.3, -0.25) is 9.80 Å². The molecule has 1 atom stereocenters. The molecule has 0 aliphatic carbocycles. The summed E-state index contributed by atoms with van der Waals surface area (Å²) >= 11 is 0. The quantitative estimate of drug-likeness (QED) is 0.578. The second-order valence-electron chi connectivity index (χ2n) is 8.82. The molecular weight excluding hydrogens is 376 g/mol. The second kappa shape index (κ2) is 9.83. The third-order valence-electron chi connectivity index (χ3n) is 6.08. The summed E-state index contributed by atoms with van der Waals surface area (Å²) in [4.78, 5) is 13.5. The highest BCUT2D eigenvalue weighted by atomic mass is 16.3. The molecule has 0 radical (unpaired) electrons. The van der Waals surface area contributed by atoms with E-state index in [0.29, 0.717) is 31.7 Å². The molecule has 30 heavy (non-hydrogen) atoms. The van der Waals surface area contributed by atoms with Crippen molar-refractivity contribution in [3.63, 3.8) is 0 Å². The molecule has 2 aliphatic rings. The molecular formula is C23H34N6O. The number of fused-ring (bicyclic) bond motifs is 1. The first-order valence-corrected chi connectivity index (χ1v) is 11.1. The number of aliphatic hydroxyl groups excluding tert-OH is 1. The highest BCUT2D eigenvalue weighted by molar-refractivity contribution is 5.37. The van der Waals surface area contributed by atoms with Gasteiger partial charge in [-0.2, -0.15) is 0 Å². The summed E-state index contributed by atoms with van der Waals surface area (Å²) in [6, 6.07) is 11.7. The Morgan fingerprint density at radius 3 is 2.77 bits per heavy atom. The third kappa shape index (κ3) is 5.55. The monoisotopic (exact) mass is 410 g/mol. The van der Waals surface area contributed by atoms with E-state index in [1.54, 1.807) is 6.33 Å². The van der Waals surface area contributed by atoms with Crippen molar-refractivity contribution in [3.05, 3.63) is 53.5 Å². The van der Waals surface area contributed by atoms with Crippen LogP contribution in [0, 0.1) is 0 Å². The molecule has 0 bridgehead atoms. The minimum absolute atomic E-state index is 0.397. The summed E-state index contributed by atoms with van der Waals surface area (Å²) in [5, 5.41) is 17.3. The molecule has 1 aromatic heterocycles. The molecule has 3 heterocycles. The summed E-state index contributed by atoms with van der Waals surface area (Å²) in [6.45, 7) is 10.4. The van der Waals surface area contributed by atoms with Gasteiger partial charge in [-0.1, -0.05) is 24.3 Å². The van der Waals surface area contributed by atoms with E-state index in [9.17, 15) is 5.11 Å². The van der Waals surface area contributed by atoms with E-state index in [-0.39, 0.29) is 0 Å². The standard InChI is InChI=1S/C23H34N6O/c1-17(2)29-13-21(14-29)27-23-9-20(25-16-26-23)10-24-11-22(30)15-28-8-7-18-5-3-4-6-19(18)12-28/h3-6,9,16-17,21-22,24,30H,7-8,10-15H2,1-2H3,(H,25,26,27). The van der Waals surface area contributed by atoms with Crippen molar-refractivity contribution in [2.24, 2.45) is 0 Å². The number of rotatable bonds is 9. The number of aromatic nitrogens is 2. The fourth-order valence-corrected chi connectivity index (χ4v) is 4.25. The zero-order chi connectivity index (χ0) is 20.9. The Balaban J connectivity index is 1.17. The van der Waals surface area contributed by atoms with E-state index in [1.165, 1.54) is 11.1 Å². The van der Waals surface area contributed by atoms with Crippen molar-refractivity contribution in [2.75, 3.05) is 38.0 Å². The van der Waals surface area contributed by atoms with Gasteiger partial charge in [0.15, 0.2) is 0 Å². The van der Waals surface area contributed by atoms with Gasteiger partial charge < -0.3 is 15.7 Å². The number of likely N-dealkylation sites (tertiary alicyclic amines) is 1. The van der Waals surface area contributed by atoms with Crippen LogP contribution >= 0.6 is 0 Å². The molecule has 1 saturated heterocycles. The Bertz CT molecular complexity index is 823. The molecule has 2 aromatic rings. The summed E-state index contributed by atoms with van der Waals surface area (Å²) in [7, 11) is 0. The maximum atomic E-state index is 10.5. The topological polar surface area (TPSA) is 76.6 Å². The number of nitrogens with one attached hydrogen (secondary N) is 2. The van der Waals surface area contributed by atoms with E-state index < -0.39 is 6.10 Å². The van der Waals surface area contributed by atoms with Crippen LogP contribution in [-0.2, 0) is 19.5 Å². The van der Waals surface area contributed by atoms with Crippen LogP contribution in [0.2, 0.25) is 0 Å². The normalized spacial score (nSPS) is 18.8. The number of β-amino-alcohol motifs (C(OH)–C–C–N with tert-alkyl or cyclic N) is 1. The number of hydrogen-bond donors (Lipinski definition) is 3. The van der Waals surface area contributed by atoms with Gasteiger partial charge in [0.25, 0.3) is 0 Å². The molecule has 3 N–H and O–H groups in total. The summed E-state index contributed by atoms with van der Waals surface area (Å²) in [5.74, 6) is 0.878. The Morgan fingerprint density at radius 2 is 1.97 bits per heavy atom. The molecule has 4 rings (SSSR count). The average Bonchev–Trinajstić information content (AvgIpc) is 2.70. The molecule has 2 aliphatic heterocycles. The maximum Gasteiger partial charge on any atom is 0.129 e. The SMILES string of the molecule is CC(C)N1CC(Nc2cc(CNCC(O)CN3CCc4ccccc4C3)ncn2)C1. The van der Waals surface area contributed by atoms with E-state index in [1.807, 2.05) is 6.07 Å². The van der Waals surface area contributed by atoms with Gasteiger partial charge in [0.05, 0.1) is 17.8 Å². The fraction of sp³-hybridized carbons (Fsp3) is 0.565. The van der Waals surface area contributed by atoms with Gasteiger partial charge in [0.2, 0.25) is 0 Å². The van der Waals surface area contributed by atoms with Gasteiger partial charge in [0, 0.05) is 57.9 Å². The predicted octanol–water partition coefficient (Wildman–Crippen LogP) is 1.49. The van der Waals surface area contributed by atoms with Crippen LogP contribution in [0.25, 0.3) is 0 Å². The highest BCUT2D eigenvalue weighted by Gasteiger charge is 2.28. The molecule has 0 saturated carbocycles. The van der Waals surface area contributed by atoms with E-state index in [0.717, 1.165) is 44.1 Å². The Hall–Kier alpha value is -2.06. The average molecular weight is 411 g/mol. The number of anilines is 1. The smallest absolute Gasteiger partial charge is 0.129 e. The minimum Gasteiger partial charge on any atom is -0.390 e. The first kappa shape index (κ1) is 21.2. The molecule has 7 heteroatoms. The Labute approximate surface area is 179 Å². The zero-order valence-corrected chi connectivity index (χ0v) is 18.1. The lowest BCUT2D eigenvalue weighted by Crippen LogP contribution is -2.57. The van der Waals surface area contributed by atoms with Crippen molar-refractivity contribution >= 4 is 5.82 Å². The lowest BCUT2D eigenvalue weighted by atomic mass is 10.00. The number of hydrogen-bond acceptors (Lipinski definition) is 7. The summed E-state index contributed by atoms with van der Waals surface area (Å²) in [6.07, 6.45) is 2.27. The maximum absolute atomic E-state index is 10.5. The zero-order valence-electron chi connectivity index (χ0n) is 18.1. The number of aliphatic hydroxyl groups is 1.